The number of Topliss-reactive ketones (excluding diaryl/α,β-unsaturated/α-hetero) is 1. The van der Waals surface area contributed by atoms with Crippen molar-refractivity contribution in [1.82, 2.24) is 0 Å². The summed E-state index contributed by atoms with van der Waals surface area (Å²) in [6, 6.07) is 0. The Morgan fingerprint density at radius 3 is 2.57 bits per heavy atom. The Bertz CT molecular complexity index is 616. The first-order valence-corrected chi connectivity index (χ1v) is 9.18. The molecule has 3 fully saturated rings. The topological polar surface area (TPSA) is 54.4 Å². The Morgan fingerprint density at radius 1 is 1.09 bits per heavy atom. The standard InChI is InChI=1S/C20H28O3/c1-18-8-6-13(21)10-12(18)4-5-14-15-7-9-20(3,23)19(15,2)11-16(22)17(14)18/h10,14-15,17,23H,4-9,11H2,1-3H3/t14-,15-,17+,18-,19-,20+/m0/s1. The molecular weight excluding hydrogens is 288 g/mol. The minimum absolute atomic E-state index is 0.0579. The molecule has 0 aromatic carbocycles. The summed E-state index contributed by atoms with van der Waals surface area (Å²) in [6.45, 7) is 6.28. The quantitative estimate of drug-likeness (QED) is 0.745. The van der Waals surface area contributed by atoms with Crippen LogP contribution >= 0.6 is 0 Å². The number of hydrogen-bond acceptors (Lipinski definition) is 3. The maximum absolute atomic E-state index is 13.2. The number of allylic oxidation sites excluding steroid dienone is 1. The maximum Gasteiger partial charge on any atom is 0.155 e. The summed E-state index contributed by atoms with van der Waals surface area (Å²) >= 11 is 0. The van der Waals surface area contributed by atoms with E-state index in [1.165, 1.54) is 5.57 Å². The van der Waals surface area contributed by atoms with Gasteiger partial charge in [-0.05, 0) is 62.4 Å². The van der Waals surface area contributed by atoms with Crippen LogP contribution in [0.2, 0.25) is 0 Å². The number of carbonyl (C=O) groups is 2. The lowest BCUT2D eigenvalue weighted by atomic mass is 9.46. The Labute approximate surface area is 138 Å². The number of rotatable bonds is 0. The van der Waals surface area contributed by atoms with E-state index in [9.17, 15) is 14.7 Å². The normalized spacial score (nSPS) is 52.5. The molecule has 6 atom stereocenters. The second-order valence-electron chi connectivity index (χ2n) is 9.21. The van der Waals surface area contributed by atoms with E-state index in [4.69, 9.17) is 0 Å². The molecule has 23 heavy (non-hydrogen) atoms. The summed E-state index contributed by atoms with van der Waals surface area (Å²) in [5, 5.41) is 10.9. The summed E-state index contributed by atoms with van der Waals surface area (Å²) in [5.41, 5.74) is 0.103. The fourth-order valence-electron chi connectivity index (χ4n) is 6.60. The van der Waals surface area contributed by atoms with Crippen LogP contribution in [0.15, 0.2) is 11.6 Å². The SMILES string of the molecule is C[C@]12CCC(=O)C=C1CC[C@@H]1[C@@H]2C(=O)C[C@@]2(C)[C@H]1CC[C@@]2(C)O. The van der Waals surface area contributed by atoms with Crippen molar-refractivity contribution in [1.29, 1.82) is 0 Å². The molecule has 4 aliphatic carbocycles. The Morgan fingerprint density at radius 2 is 1.83 bits per heavy atom. The zero-order valence-corrected chi connectivity index (χ0v) is 14.5. The Balaban J connectivity index is 1.77. The fraction of sp³-hybridized carbons (Fsp3) is 0.800. The van der Waals surface area contributed by atoms with Gasteiger partial charge in [0.05, 0.1) is 5.60 Å². The first-order valence-electron chi connectivity index (χ1n) is 9.18. The molecule has 0 saturated heterocycles. The lowest BCUT2D eigenvalue weighted by Crippen LogP contribution is -2.57. The highest BCUT2D eigenvalue weighted by Gasteiger charge is 2.65. The first kappa shape index (κ1) is 15.6. The third-order valence-corrected chi connectivity index (χ3v) is 8.22. The molecule has 4 aliphatic rings. The molecule has 0 amide bonds. The van der Waals surface area contributed by atoms with Crippen LogP contribution in [0.5, 0.6) is 0 Å². The molecule has 4 rings (SSSR count). The van der Waals surface area contributed by atoms with Crippen molar-refractivity contribution >= 4 is 11.6 Å². The highest BCUT2D eigenvalue weighted by molar-refractivity contribution is 5.93. The summed E-state index contributed by atoms with van der Waals surface area (Å²) in [4.78, 5) is 25.0. The third-order valence-electron chi connectivity index (χ3n) is 8.22. The van der Waals surface area contributed by atoms with Gasteiger partial charge in [-0.3, -0.25) is 9.59 Å². The summed E-state index contributed by atoms with van der Waals surface area (Å²) < 4.78 is 0. The molecule has 0 unspecified atom stereocenters. The zero-order valence-electron chi connectivity index (χ0n) is 14.5. The van der Waals surface area contributed by atoms with Crippen LogP contribution in [-0.4, -0.2) is 22.3 Å². The average Bonchev–Trinajstić information content (AvgIpc) is 2.69. The summed E-state index contributed by atoms with van der Waals surface area (Å²) in [7, 11) is 0. The van der Waals surface area contributed by atoms with Gasteiger partial charge in [0.25, 0.3) is 0 Å². The van der Waals surface area contributed by atoms with E-state index in [2.05, 4.69) is 13.8 Å². The van der Waals surface area contributed by atoms with E-state index in [1.807, 2.05) is 13.0 Å². The molecule has 126 valence electrons. The minimum Gasteiger partial charge on any atom is -0.390 e. The van der Waals surface area contributed by atoms with Crippen molar-refractivity contribution in [2.45, 2.75) is 71.3 Å². The van der Waals surface area contributed by atoms with E-state index in [0.717, 1.165) is 32.1 Å². The van der Waals surface area contributed by atoms with Gasteiger partial charge in [0, 0.05) is 24.2 Å². The molecular formula is C20H28O3. The van der Waals surface area contributed by atoms with E-state index in [0.29, 0.717) is 30.5 Å². The van der Waals surface area contributed by atoms with Gasteiger partial charge in [0.1, 0.15) is 5.78 Å². The van der Waals surface area contributed by atoms with Gasteiger partial charge in [-0.2, -0.15) is 0 Å². The van der Waals surface area contributed by atoms with E-state index in [1.54, 1.807) is 0 Å². The smallest absolute Gasteiger partial charge is 0.155 e. The van der Waals surface area contributed by atoms with Gasteiger partial charge in [0.2, 0.25) is 0 Å². The van der Waals surface area contributed by atoms with Gasteiger partial charge in [-0.15, -0.1) is 0 Å². The van der Waals surface area contributed by atoms with Crippen molar-refractivity contribution in [3.8, 4) is 0 Å². The number of aliphatic hydroxyl groups is 1. The molecule has 0 aromatic rings. The highest BCUT2D eigenvalue weighted by Crippen LogP contribution is 2.66. The second kappa shape index (κ2) is 4.56. The summed E-state index contributed by atoms with van der Waals surface area (Å²) in [6.07, 6.45) is 7.54. The van der Waals surface area contributed by atoms with Crippen LogP contribution in [0, 0.1) is 28.6 Å². The van der Waals surface area contributed by atoms with Crippen LogP contribution in [0.25, 0.3) is 0 Å². The monoisotopic (exact) mass is 316 g/mol. The van der Waals surface area contributed by atoms with Crippen LogP contribution in [0.1, 0.15) is 65.7 Å². The lowest BCUT2D eigenvalue weighted by molar-refractivity contribution is -0.157. The number of fused-ring (bicyclic) bond motifs is 5. The molecule has 0 spiro atoms. The van der Waals surface area contributed by atoms with Crippen molar-refractivity contribution in [2.75, 3.05) is 0 Å². The Hall–Kier alpha value is -0.960. The molecule has 1 N–H and O–H groups in total. The maximum atomic E-state index is 13.2. The third kappa shape index (κ3) is 1.86. The van der Waals surface area contributed by atoms with Crippen LogP contribution < -0.4 is 0 Å². The number of carbonyl (C=O) groups excluding carboxylic acids is 2. The number of ketones is 2. The van der Waals surface area contributed by atoms with E-state index >= 15 is 0 Å². The van der Waals surface area contributed by atoms with Gasteiger partial charge in [-0.1, -0.05) is 19.4 Å². The van der Waals surface area contributed by atoms with Crippen molar-refractivity contribution in [3.63, 3.8) is 0 Å². The average molecular weight is 316 g/mol. The number of hydrogen-bond donors (Lipinski definition) is 1. The van der Waals surface area contributed by atoms with E-state index in [-0.39, 0.29) is 22.5 Å². The largest absolute Gasteiger partial charge is 0.390 e. The molecule has 0 bridgehead atoms. The van der Waals surface area contributed by atoms with Crippen molar-refractivity contribution in [2.24, 2.45) is 28.6 Å². The predicted molar refractivity (Wildman–Crippen MR) is 87.7 cm³/mol. The van der Waals surface area contributed by atoms with Crippen molar-refractivity contribution in [3.05, 3.63) is 11.6 Å². The van der Waals surface area contributed by atoms with Crippen LogP contribution in [0.4, 0.5) is 0 Å². The molecule has 3 heteroatoms. The van der Waals surface area contributed by atoms with Crippen LogP contribution in [0.3, 0.4) is 0 Å². The molecule has 3 saturated carbocycles. The second-order valence-corrected chi connectivity index (χ2v) is 9.21. The Kier molecular flexibility index (Phi) is 3.09. The van der Waals surface area contributed by atoms with Crippen molar-refractivity contribution < 1.29 is 14.7 Å². The highest BCUT2D eigenvalue weighted by atomic mass is 16.3. The zero-order chi connectivity index (χ0) is 16.6. The lowest BCUT2D eigenvalue weighted by Gasteiger charge is -2.57. The molecule has 0 aliphatic heterocycles. The van der Waals surface area contributed by atoms with Gasteiger partial charge >= 0.3 is 0 Å². The fourth-order valence-corrected chi connectivity index (χ4v) is 6.60. The van der Waals surface area contributed by atoms with Gasteiger partial charge in [-0.25, -0.2) is 0 Å². The summed E-state index contributed by atoms with van der Waals surface area (Å²) in [5.74, 6) is 1.44. The minimum atomic E-state index is -0.724. The molecule has 0 radical (unpaired) electrons. The van der Waals surface area contributed by atoms with Crippen LogP contribution in [-0.2, 0) is 9.59 Å². The van der Waals surface area contributed by atoms with Gasteiger partial charge < -0.3 is 5.11 Å². The van der Waals surface area contributed by atoms with E-state index < -0.39 is 5.60 Å². The molecule has 0 heterocycles. The predicted octanol–water partition coefficient (Wildman–Crippen LogP) is 3.45. The van der Waals surface area contributed by atoms with Gasteiger partial charge in [0.15, 0.2) is 5.78 Å². The first-order chi connectivity index (χ1) is 10.7. The molecule has 0 aromatic heterocycles. The molecule has 3 nitrogen and oxygen atoms in total.